The van der Waals surface area contributed by atoms with E-state index in [0.717, 1.165) is 22.8 Å². The van der Waals surface area contributed by atoms with Crippen molar-refractivity contribution in [2.75, 3.05) is 36.7 Å². The standard InChI is InChI=1S/C29H30N6O4S/c1-34(2)20-14-12-19(13-15-20)25(28(37)32-17-18-8-5-4-6-9-18)35(21-10-7-11-22(16-21)39-3)29(38)26-23(30)24(27(31)36)33-40-26/h4-16,25H,17,30H2,1-3H3,(H2,31,36)(H,32,37). The highest BCUT2D eigenvalue weighted by atomic mass is 32.1. The molecule has 3 aromatic carbocycles. The molecular weight excluding hydrogens is 528 g/mol. The minimum absolute atomic E-state index is 0.0117. The van der Waals surface area contributed by atoms with E-state index in [0.29, 0.717) is 17.0 Å². The Hall–Kier alpha value is -4.90. The normalized spacial score (nSPS) is 11.4. The van der Waals surface area contributed by atoms with Gasteiger partial charge in [-0.05, 0) is 46.9 Å². The largest absolute Gasteiger partial charge is 0.497 e. The number of primary amides is 1. The number of carbonyl (C=O) groups is 3. The van der Waals surface area contributed by atoms with Gasteiger partial charge >= 0.3 is 0 Å². The van der Waals surface area contributed by atoms with Gasteiger partial charge in [0.2, 0.25) is 5.91 Å². The van der Waals surface area contributed by atoms with Crippen molar-refractivity contribution in [3.8, 4) is 5.75 Å². The van der Waals surface area contributed by atoms with E-state index < -0.39 is 23.8 Å². The number of anilines is 3. The SMILES string of the molecule is COc1cccc(N(C(=O)c2snc(C(N)=O)c2N)C(C(=O)NCc2ccccc2)c2ccc(N(C)C)cc2)c1. The number of aromatic nitrogens is 1. The minimum Gasteiger partial charge on any atom is -0.497 e. The number of nitrogens with two attached hydrogens (primary N) is 2. The quantitative estimate of drug-likeness (QED) is 0.270. The van der Waals surface area contributed by atoms with E-state index in [9.17, 15) is 14.4 Å². The number of ether oxygens (including phenoxy) is 1. The van der Waals surface area contributed by atoms with Crippen molar-refractivity contribution in [2.24, 2.45) is 5.73 Å². The molecule has 1 aromatic heterocycles. The van der Waals surface area contributed by atoms with Gasteiger partial charge in [0.15, 0.2) is 5.69 Å². The second-order valence-corrected chi connectivity index (χ2v) is 9.88. The summed E-state index contributed by atoms with van der Waals surface area (Å²) in [5.41, 5.74) is 14.0. The Morgan fingerprint density at radius 1 is 0.975 bits per heavy atom. The molecule has 40 heavy (non-hydrogen) atoms. The molecule has 0 fully saturated rings. The lowest BCUT2D eigenvalue weighted by molar-refractivity contribution is -0.122. The average Bonchev–Trinajstić information content (AvgIpc) is 3.36. The molecule has 1 heterocycles. The molecule has 0 radical (unpaired) electrons. The van der Waals surface area contributed by atoms with E-state index in [-0.39, 0.29) is 22.8 Å². The molecule has 3 amide bonds. The van der Waals surface area contributed by atoms with Crippen LogP contribution in [0.4, 0.5) is 17.1 Å². The Kier molecular flexibility index (Phi) is 8.65. The molecule has 0 aliphatic carbocycles. The Morgan fingerprint density at radius 2 is 1.68 bits per heavy atom. The summed E-state index contributed by atoms with van der Waals surface area (Å²) in [5.74, 6) is -1.41. The number of amides is 3. The van der Waals surface area contributed by atoms with Gasteiger partial charge in [0.05, 0.1) is 12.8 Å². The van der Waals surface area contributed by atoms with Gasteiger partial charge in [-0.25, -0.2) is 0 Å². The van der Waals surface area contributed by atoms with Crippen LogP contribution in [-0.4, -0.2) is 43.3 Å². The van der Waals surface area contributed by atoms with E-state index in [1.165, 1.54) is 12.0 Å². The molecule has 0 saturated carbocycles. The van der Waals surface area contributed by atoms with Crippen molar-refractivity contribution < 1.29 is 19.1 Å². The first-order valence-corrected chi connectivity index (χ1v) is 13.1. The molecule has 0 spiro atoms. The van der Waals surface area contributed by atoms with Gasteiger partial charge in [0.25, 0.3) is 11.8 Å². The lowest BCUT2D eigenvalue weighted by Gasteiger charge is -2.31. The molecule has 4 rings (SSSR count). The molecule has 206 valence electrons. The predicted molar refractivity (Wildman–Crippen MR) is 157 cm³/mol. The smallest absolute Gasteiger partial charge is 0.273 e. The van der Waals surface area contributed by atoms with Gasteiger partial charge < -0.3 is 26.4 Å². The molecule has 0 aliphatic rings. The van der Waals surface area contributed by atoms with Crippen LogP contribution in [0, 0.1) is 0 Å². The fourth-order valence-electron chi connectivity index (χ4n) is 4.14. The summed E-state index contributed by atoms with van der Waals surface area (Å²) in [6.07, 6.45) is 0. The van der Waals surface area contributed by atoms with Crippen LogP contribution in [0.15, 0.2) is 78.9 Å². The fraction of sp³-hybridized carbons (Fsp3) is 0.172. The molecule has 0 saturated heterocycles. The summed E-state index contributed by atoms with van der Waals surface area (Å²) in [5, 5.41) is 2.97. The molecular formula is C29H30N6O4S. The Morgan fingerprint density at radius 3 is 2.27 bits per heavy atom. The van der Waals surface area contributed by atoms with Crippen LogP contribution in [0.1, 0.15) is 37.3 Å². The highest BCUT2D eigenvalue weighted by Gasteiger charge is 2.36. The third-order valence-corrected chi connectivity index (χ3v) is 7.10. The van der Waals surface area contributed by atoms with Gasteiger partial charge in [-0.3, -0.25) is 19.3 Å². The number of rotatable bonds is 10. The maximum absolute atomic E-state index is 14.2. The van der Waals surface area contributed by atoms with Gasteiger partial charge in [0, 0.05) is 38.1 Å². The van der Waals surface area contributed by atoms with Crippen LogP contribution in [0.2, 0.25) is 0 Å². The van der Waals surface area contributed by atoms with Crippen LogP contribution in [0.25, 0.3) is 0 Å². The first kappa shape index (κ1) is 28.1. The molecule has 11 heteroatoms. The van der Waals surface area contributed by atoms with E-state index in [1.54, 1.807) is 36.4 Å². The number of carbonyl (C=O) groups excluding carboxylic acids is 3. The predicted octanol–water partition coefficient (Wildman–Crippen LogP) is 3.60. The Labute approximate surface area is 236 Å². The summed E-state index contributed by atoms with van der Waals surface area (Å²) in [4.78, 5) is 43.3. The third-order valence-electron chi connectivity index (χ3n) is 6.25. The maximum atomic E-state index is 14.2. The van der Waals surface area contributed by atoms with Crippen LogP contribution in [0.3, 0.4) is 0 Å². The molecule has 0 bridgehead atoms. The Balaban J connectivity index is 1.85. The molecule has 4 aromatic rings. The number of hydrogen-bond acceptors (Lipinski definition) is 8. The highest BCUT2D eigenvalue weighted by Crippen LogP contribution is 2.35. The monoisotopic (exact) mass is 558 g/mol. The number of nitrogens with zero attached hydrogens (tertiary/aromatic N) is 3. The first-order valence-electron chi connectivity index (χ1n) is 12.3. The number of nitrogen functional groups attached to an aromatic ring is 1. The van der Waals surface area contributed by atoms with E-state index in [4.69, 9.17) is 16.2 Å². The lowest BCUT2D eigenvalue weighted by atomic mass is 10.0. The maximum Gasteiger partial charge on any atom is 0.273 e. The second-order valence-electron chi connectivity index (χ2n) is 9.11. The molecule has 1 atom stereocenters. The molecule has 0 aliphatic heterocycles. The van der Waals surface area contributed by atoms with E-state index in [2.05, 4.69) is 9.69 Å². The van der Waals surface area contributed by atoms with E-state index >= 15 is 0 Å². The summed E-state index contributed by atoms with van der Waals surface area (Å²) >= 11 is 0.750. The summed E-state index contributed by atoms with van der Waals surface area (Å²) in [6, 6.07) is 22.5. The zero-order valence-corrected chi connectivity index (χ0v) is 23.1. The summed E-state index contributed by atoms with van der Waals surface area (Å²) < 4.78 is 9.40. The molecule has 10 nitrogen and oxygen atoms in total. The third kappa shape index (κ3) is 6.05. The van der Waals surface area contributed by atoms with Crippen molar-refractivity contribution in [2.45, 2.75) is 12.6 Å². The minimum atomic E-state index is -1.11. The first-order chi connectivity index (χ1) is 19.2. The van der Waals surface area contributed by atoms with Crippen LogP contribution in [0.5, 0.6) is 5.75 Å². The zero-order chi connectivity index (χ0) is 28.8. The number of hydrogen-bond donors (Lipinski definition) is 3. The van der Waals surface area contributed by atoms with Crippen molar-refractivity contribution in [1.82, 2.24) is 9.69 Å². The molecule has 1 unspecified atom stereocenters. The topological polar surface area (TPSA) is 144 Å². The molecule has 5 N–H and O–H groups in total. The average molecular weight is 559 g/mol. The highest BCUT2D eigenvalue weighted by molar-refractivity contribution is 7.09. The number of methoxy groups -OCH3 is 1. The number of benzene rings is 3. The van der Waals surface area contributed by atoms with Gasteiger partial charge in [-0.2, -0.15) is 4.37 Å². The fourth-order valence-corrected chi connectivity index (χ4v) is 4.88. The van der Waals surface area contributed by atoms with E-state index in [1.807, 2.05) is 61.5 Å². The lowest BCUT2D eigenvalue weighted by Crippen LogP contribution is -2.44. The van der Waals surface area contributed by atoms with Crippen LogP contribution >= 0.6 is 11.5 Å². The van der Waals surface area contributed by atoms with Gasteiger partial charge in [-0.15, -0.1) is 0 Å². The van der Waals surface area contributed by atoms with Crippen molar-refractivity contribution in [3.05, 3.63) is 101 Å². The van der Waals surface area contributed by atoms with Crippen molar-refractivity contribution >= 4 is 46.3 Å². The number of nitrogens with one attached hydrogen (secondary N) is 1. The van der Waals surface area contributed by atoms with Crippen LogP contribution < -0.4 is 31.3 Å². The van der Waals surface area contributed by atoms with Crippen LogP contribution in [-0.2, 0) is 11.3 Å². The zero-order valence-electron chi connectivity index (χ0n) is 22.3. The summed E-state index contributed by atoms with van der Waals surface area (Å²) in [6.45, 7) is 0.251. The van der Waals surface area contributed by atoms with Gasteiger partial charge in [-0.1, -0.05) is 48.5 Å². The van der Waals surface area contributed by atoms with Gasteiger partial charge in [0.1, 0.15) is 16.7 Å². The second kappa shape index (κ2) is 12.3. The summed E-state index contributed by atoms with van der Waals surface area (Å²) in [7, 11) is 5.33. The van der Waals surface area contributed by atoms with Crippen molar-refractivity contribution in [3.63, 3.8) is 0 Å². The van der Waals surface area contributed by atoms with Crippen molar-refractivity contribution in [1.29, 1.82) is 0 Å². The Bertz CT molecular complexity index is 1500.